The maximum absolute atomic E-state index is 13.6. The number of carbonyl (C=O) groups excluding carboxylic acids is 3. The molecule has 174 valence electrons. The Balaban J connectivity index is 1.34. The summed E-state index contributed by atoms with van der Waals surface area (Å²) in [7, 11) is 1.56. The second-order valence-corrected chi connectivity index (χ2v) is 10.3. The summed E-state index contributed by atoms with van der Waals surface area (Å²) >= 11 is 12.2. The summed E-state index contributed by atoms with van der Waals surface area (Å²) < 4.78 is 5.24. The van der Waals surface area contributed by atoms with Crippen LogP contribution < -0.4 is 9.64 Å². The zero-order valence-corrected chi connectivity index (χ0v) is 19.9. The number of carbonyl (C=O) groups is 3. The van der Waals surface area contributed by atoms with Crippen LogP contribution in [0.1, 0.15) is 16.8 Å². The van der Waals surface area contributed by atoms with Gasteiger partial charge in [0.05, 0.1) is 29.0 Å². The van der Waals surface area contributed by atoms with Crippen molar-refractivity contribution in [3.05, 3.63) is 70.2 Å². The van der Waals surface area contributed by atoms with Gasteiger partial charge in [-0.15, -0.1) is 0 Å². The number of anilines is 1. The number of methoxy groups -OCH3 is 1. The molecule has 3 amide bonds. The lowest BCUT2D eigenvalue weighted by Gasteiger charge is -2.37. The van der Waals surface area contributed by atoms with Crippen LogP contribution in [0, 0.1) is 35.5 Å². The third kappa shape index (κ3) is 3.19. The van der Waals surface area contributed by atoms with Crippen molar-refractivity contribution in [1.29, 1.82) is 0 Å². The molecule has 0 spiro atoms. The minimum absolute atomic E-state index is 0.127. The number of nitrogens with zero attached hydrogens (tertiary/aromatic N) is 2. The number of benzene rings is 2. The molecule has 4 aliphatic carbocycles. The topological polar surface area (TPSA) is 66.9 Å². The first kappa shape index (κ1) is 21.7. The molecule has 0 radical (unpaired) electrons. The summed E-state index contributed by atoms with van der Waals surface area (Å²) in [5.41, 5.74) is 0.848. The van der Waals surface area contributed by atoms with Crippen molar-refractivity contribution in [2.75, 3.05) is 18.7 Å². The van der Waals surface area contributed by atoms with Crippen LogP contribution in [0.3, 0.4) is 0 Å². The van der Waals surface area contributed by atoms with E-state index < -0.39 is 0 Å². The predicted octanol–water partition coefficient (Wildman–Crippen LogP) is 4.66. The normalized spacial score (nSPS) is 30.3. The molecule has 2 aromatic rings. The minimum atomic E-state index is -0.386. The molecule has 1 aliphatic heterocycles. The van der Waals surface area contributed by atoms with Gasteiger partial charge in [0.25, 0.3) is 5.91 Å². The monoisotopic (exact) mass is 496 g/mol. The lowest BCUT2D eigenvalue weighted by Crippen LogP contribution is -2.45. The lowest BCUT2D eigenvalue weighted by molar-refractivity contribution is -0.140. The number of hydrogen-bond donors (Lipinski definition) is 0. The zero-order valence-electron chi connectivity index (χ0n) is 18.4. The van der Waals surface area contributed by atoms with Gasteiger partial charge >= 0.3 is 0 Å². The Morgan fingerprint density at radius 3 is 2.15 bits per heavy atom. The van der Waals surface area contributed by atoms with Crippen molar-refractivity contribution in [1.82, 2.24) is 4.90 Å². The number of likely N-dealkylation sites (tertiary alicyclic amines) is 1. The van der Waals surface area contributed by atoms with Crippen LogP contribution in [0.25, 0.3) is 0 Å². The van der Waals surface area contributed by atoms with Crippen molar-refractivity contribution in [3.63, 3.8) is 0 Å². The van der Waals surface area contributed by atoms with Gasteiger partial charge < -0.3 is 4.74 Å². The van der Waals surface area contributed by atoms with Crippen molar-refractivity contribution in [3.8, 4) is 5.75 Å². The maximum atomic E-state index is 13.6. The quantitative estimate of drug-likeness (QED) is 0.445. The van der Waals surface area contributed by atoms with E-state index in [1.165, 1.54) is 15.9 Å². The van der Waals surface area contributed by atoms with Gasteiger partial charge in [0.1, 0.15) is 12.4 Å². The third-order valence-corrected chi connectivity index (χ3v) is 8.57. The molecule has 1 heterocycles. The summed E-state index contributed by atoms with van der Waals surface area (Å²) in [6.07, 6.45) is 5.37. The van der Waals surface area contributed by atoms with Crippen molar-refractivity contribution in [2.45, 2.75) is 6.42 Å². The molecule has 1 saturated heterocycles. The Labute approximate surface area is 207 Å². The molecule has 0 unspecified atom stereocenters. The number of imide groups is 1. The molecule has 2 aromatic carbocycles. The van der Waals surface area contributed by atoms with Crippen LogP contribution in [-0.2, 0) is 9.59 Å². The molecular weight excluding hydrogens is 475 g/mol. The Morgan fingerprint density at radius 1 is 0.971 bits per heavy atom. The molecule has 7 rings (SSSR count). The molecule has 34 heavy (non-hydrogen) atoms. The van der Waals surface area contributed by atoms with Crippen LogP contribution in [0.15, 0.2) is 54.6 Å². The van der Waals surface area contributed by atoms with Gasteiger partial charge in [0.2, 0.25) is 11.8 Å². The molecular formula is C26H22Cl2N2O4. The van der Waals surface area contributed by atoms with Gasteiger partial charge in [0, 0.05) is 11.3 Å². The number of allylic oxidation sites excluding steroid dienone is 2. The number of amides is 3. The Bertz CT molecular complexity index is 1210. The second kappa shape index (κ2) is 7.85. The average molecular weight is 497 g/mol. The molecule has 2 saturated carbocycles. The highest BCUT2D eigenvalue weighted by Crippen LogP contribution is 2.65. The highest BCUT2D eigenvalue weighted by molar-refractivity contribution is 6.42. The third-order valence-electron chi connectivity index (χ3n) is 7.83. The molecule has 6 atom stereocenters. The largest absolute Gasteiger partial charge is 0.497 e. The van der Waals surface area contributed by atoms with Crippen molar-refractivity contribution in [2.24, 2.45) is 35.5 Å². The number of hydrogen-bond acceptors (Lipinski definition) is 4. The van der Waals surface area contributed by atoms with Gasteiger partial charge in [-0.05, 0) is 72.6 Å². The van der Waals surface area contributed by atoms with E-state index >= 15 is 0 Å². The van der Waals surface area contributed by atoms with Gasteiger partial charge in [-0.2, -0.15) is 0 Å². The van der Waals surface area contributed by atoms with E-state index in [0.717, 1.165) is 6.42 Å². The van der Waals surface area contributed by atoms with E-state index in [0.29, 0.717) is 33.9 Å². The number of halogens is 2. The standard InChI is InChI=1S/C26H22Cl2N2O4/c1-34-15-5-3-14(4-6-15)29(24(31)13-2-9-20(27)21(28)10-13)12-30-25(32)22-16-7-8-17(19-11-18(16)19)23(22)26(30)33/h2-10,16-19,22-23H,11-12H2,1H3/t16-,17-,18-,19+,22+,23-/m1/s1. The summed E-state index contributed by atoms with van der Waals surface area (Å²) in [4.78, 5) is 43.3. The summed E-state index contributed by atoms with van der Waals surface area (Å²) in [6, 6.07) is 11.6. The van der Waals surface area contributed by atoms with Crippen molar-refractivity contribution >= 4 is 46.6 Å². The van der Waals surface area contributed by atoms with Crippen LogP contribution >= 0.6 is 23.2 Å². The molecule has 8 heteroatoms. The Hall–Kier alpha value is -2.83. The first-order chi connectivity index (χ1) is 16.4. The molecule has 6 nitrogen and oxygen atoms in total. The fourth-order valence-corrected chi connectivity index (χ4v) is 6.41. The molecule has 0 aromatic heterocycles. The van der Waals surface area contributed by atoms with E-state index in [1.807, 2.05) is 0 Å². The van der Waals surface area contributed by atoms with Crippen LogP contribution in [-0.4, -0.2) is 36.4 Å². The van der Waals surface area contributed by atoms with E-state index in [9.17, 15) is 14.4 Å². The van der Waals surface area contributed by atoms with Gasteiger partial charge in [-0.1, -0.05) is 35.4 Å². The highest BCUT2D eigenvalue weighted by Gasteiger charge is 2.67. The first-order valence-corrected chi connectivity index (χ1v) is 12.1. The lowest BCUT2D eigenvalue weighted by atomic mass is 9.63. The Kier molecular flexibility index (Phi) is 5.01. The second-order valence-electron chi connectivity index (χ2n) is 9.46. The minimum Gasteiger partial charge on any atom is -0.497 e. The molecule has 0 N–H and O–H groups in total. The molecule has 2 bridgehead atoms. The van der Waals surface area contributed by atoms with Crippen LogP contribution in [0.4, 0.5) is 5.69 Å². The SMILES string of the molecule is COc1ccc(N(CN2C(=O)[C@@H]3[C@@H]4C=C[C@H]([C@H]5C[C@@H]45)[C@@H]3C2=O)C(=O)c2ccc(Cl)c(Cl)c2)cc1. The van der Waals surface area contributed by atoms with Crippen LogP contribution in [0.5, 0.6) is 5.75 Å². The molecule has 3 fully saturated rings. The zero-order chi connectivity index (χ0) is 23.7. The van der Waals surface area contributed by atoms with E-state index in [2.05, 4.69) is 12.2 Å². The van der Waals surface area contributed by atoms with Gasteiger partial charge in [0.15, 0.2) is 0 Å². The Morgan fingerprint density at radius 2 is 1.59 bits per heavy atom. The van der Waals surface area contributed by atoms with Crippen LogP contribution in [0.2, 0.25) is 10.0 Å². The maximum Gasteiger partial charge on any atom is 0.259 e. The highest BCUT2D eigenvalue weighted by atomic mass is 35.5. The number of rotatable bonds is 5. The fraction of sp³-hybridized carbons (Fsp3) is 0.346. The average Bonchev–Trinajstić information content (AvgIpc) is 3.64. The van der Waals surface area contributed by atoms with E-state index in [-0.39, 0.29) is 53.1 Å². The summed E-state index contributed by atoms with van der Waals surface area (Å²) in [6.45, 7) is -0.162. The van der Waals surface area contributed by atoms with Crippen molar-refractivity contribution < 1.29 is 19.1 Å². The smallest absolute Gasteiger partial charge is 0.259 e. The summed E-state index contributed by atoms with van der Waals surface area (Å²) in [5.74, 6) is 0.540. The van der Waals surface area contributed by atoms with Gasteiger partial charge in [-0.25, -0.2) is 0 Å². The predicted molar refractivity (Wildman–Crippen MR) is 128 cm³/mol. The van der Waals surface area contributed by atoms with E-state index in [1.54, 1.807) is 43.5 Å². The van der Waals surface area contributed by atoms with Gasteiger partial charge in [-0.3, -0.25) is 24.2 Å². The summed E-state index contributed by atoms with van der Waals surface area (Å²) in [5, 5.41) is 0.591. The number of ether oxygens (including phenoxy) is 1. The molecule has 5 aliphatic rings. The fourth-order valence-electron chi connectivity index (χ4n) is 6.11. The first-order valence-electron chi connectivity index (χ1n) is 11.3. The van der Waals surface area contributed by atoms with E-state index in [4.69, 9.17) is 27.9 Å².